The number of hydrogen-bond acceptors (Lipinski definition) is 6. The summed E-state index contributed by atoms with van der Waals surface area (Å²) in [6, 6.07) is 3.61. The average molecular weight is 258 g/mol. The Hall–Kier alpha value is -2.50. The predicted octanol–water partition coefficient (Wildman–Crippen LogP) is 1.76. The van der Waals surface area contributed by atoms with Crippen molar-refractivity contribution in [1.82, 2.24) is 15.0 Å². The Morgan fingerprint density at radius 3 is 2.74 bits per heavy atom. The summed E-state index contributed by atoms with van der Waals surface area (Å²) in [5, 5.41) is 2.88. The van der Waals surface area contributed by atoms with Gasteiger partial charge in [-0.3, -0.25) is 4.98 Å². The molecule has 2 rings (SSSR count). The summed E-state index contributed by atoms with van der Waals surface area (Å²) < 4.78 is 4.95. The molecule has 0 saturated heterocycles. The maximum absolute atomic E-state index is 11.7. The molecular weight excluding hydrogens is 244 g/mol. The second-order valence-electron chi connectivity index (χ2n) is 3.66. The quantitative estimate of drug-likeness (QED) is 0.842. The highest BCUT2D eigenvalue weighted by Gasteiger charge is 2.15. The van der Waals surface area contributed by atoms with Crippen molar-refractivity contribution in [1.29, 1.82) is 0 Å². The van der Waals surface area contributed by atoms with E-state index in [1.54, 1.807) is 38.5 Å². The van der Waals surface area contributed by atoms with Gasteiger partial charge < -0.3 is 10.1 Å². The Kier molecular flexibility index (Phi) is 4.02. The van der Waals surface area contributed by atoms with Gasteiger partial charge in [-0.05, 0) is 19.1 Å². The third kappa shape index (κ3) is 2.85. The number of carbonyl (C=O) groups is 1. The SMILES string of the molecule is CCOC(=O)c1cnc(-c2ccncc2)nc1NC. The first-order valence-corrected chi connectivity index (χ1v) is 5.88. The van der Waals surface area contributed by atoms with Gasteiger partial charge in [0.05, 0.1) is 6.61 Å². The zero-order chi connectivity index (χ0) is 13.7. The number of anilines is 1. The third-order valence-electron chi connectivity index (χ3n) is 2.46. The fourth-order valence-corrected chi connectivity index (χ4v) is 1.57. The lowest BCUT2D eigenvalue weighted by Crippen LogP contribution is -2.10. The van der Waals surface area contributed by atoms with E-state index in [1.807, 2.05) is 0 Å². The Morgan fingerprint density at radius 1 is 1.37 bits per heavy atom. The monoisotopic (exact) mass is 258 g/mol. The lowest BCUT2D eigenvalue weighted by atomic mass is 10.2. The first-order valence-electron chi connectivity index (χ1n) is 5.88. The maximum atomic E-state index is 11.7. The molecule has 0 bridgehead atoms. The van der Waals surface area contributed by atoms with Gasteiger partial charge in [0.25, 0.3) is 0 Å². The molecule has 1 N–H and O–H groups in total. The topological polar surface area (TPSA) is 77.0 Å². The van der Waals surface area contributed by atoms with Crippen LogP contribution in [-0.2, 0) is 4.74 Å². The molecule has 0 fully saturated rings. The fraction of sp³-hybridized carbons (Fsp3) is 0.231. The van der Waals surface area contributed by atoms with Gasteiger partial charge in [-0.1, -0.05) is 0 Å². The van der Waals surface area contributed by atoms with Crippen LogP contribution in [0, 0.1) is 0 Å². The number of pyridine rings is 1. The van der Waals surface area contributed by atoms with Gasteiger partial charge in [0.15, 0.2) is 5.82 Å². The minimum absolute atomic E-state index is 0.314. The second-order valence-corrected chi connectivity index (χ2v) is 3.66. The minimum Gasteiger partial charge on any atom is -0.462 e. The number of nitrogens with one attached hydrogen (secondary N) is 1. The van der Waals surface area contributed by atoms with E-state index < -0.39 is 5.97 Å². The molecule has 0 amide bonds. The molecule has 0 aromatic carbocycles. The van der Waals surface area contributed by atoms with Crippen molar-refractivity contribution in [2.45, 2.75) is 6.92 Å². The van der Waals surface area contributed by atoms with Gasteiger partial charge >= 0.3 is 5.97 Å². The van der Waals surface area contributed by atoms with Crippen LogP contribution < -0.4 is 5.32 Å². The van der Waals surface area contributed by atoms with Gasteiger partial charge in [0.2, 0.25) is 0 Å². The van der Waals surface area contributed by atoms with Crippen LogP contribution >= 0.6 is 0 Å². The molecular formula is C13H14N4O2. The van der Waals surface area contributed by atoms with E-state index in [2.05, 4.69) is 20.3 Å². The highest BCUT2D eigenvalue weighted by atomic mass is 16.5. The van der Waals surface area contributed by atoms with Crippen molar-refractivity contribution in [2.24, 2.45) is 0 Å². The van der Waals surface area contributed by atoms with Crippen LogP contribution in [-0.4, -0.2) is 34.6 Å². The van der Waals surface area contributed by atoms with Gasteiger partial charge in [0.1, 0.15) is 11.4 Å². The number of rotatable bonds is 4. The molecule has 2 heterocycles. The standard InChI is InChI=1S/C13H14N4O2/c1-3-19-13(18)10-8-16-11(17-12(10)14-2)9-4-6-15-7-5-9/h4-8H,3H2,1-2H3,(H,14,16,17). The summed E-state index contributed by atoms with van der Waals surface area (Å²) in [7, 11) is 1.70. The number of nitrogens with zero attached hydrogens (tertiary/aromatic N) is 3. The van der Waals surface area contributed by atoms with Gasteiger partial charge in [-0.25, -0.2) is 14.8 Å². The molecule has 98 valence electrons. The normalized spacial score (nSPS) is 10.0. The minimum atomic E-state index is -0.437. The number of esters is 1. The number of ether oxygens (including phenoxy) is 1. The van der Waals surface area contributed by atoms with Crippen LogP contribution in [0.5, 0.6) is 0 Å². The summed E-state index contributed by atoms with van der Waals surface area (Å²) in [4.78, 5) is 24.2. The molecule has 19 heavy (non-hydrogen) atoms. The first kappa shape index (κ1) is 12.9. The highest BCUT2D eigenvalue weighted by Crippen LogP contribution is 2.19. The highest BCUT2D eigenvalue weighted by molar-refractivity contribution is 5.94. The van der Waals surface area contributed by atoms with E-state index >= 15 is 0 Å². The first-order chi connectivity index (χ1) is 9.26. The van der Waals surface area contributed by atoms with Crippen molar-refractivity contribution in [3.8, 4) is 11.4 Å². The summed E-state index contributed by atoms with van der Waals surface area (Å²) in [5.74, 6) is 0.535. The number of aromatic nitrogens is 3. The third-order valence-corrected chi connectivity index (χ3v) is 2.46. The molecule has 6 nitrogen and oxygen atoms in total. The van der Waals surface area contributed by atoms with Crippen molar-refractivity contribution < 1.29 is 9.53 Å². The van der Waals surface area contributed by atoms with Crippen LogP contribution in [0.25, 0.3) is 11.4 Å². The van der Waals surface area contributed by atoms with E-state index in [9.17, 15) is 4.79 Å². The molecule has 0 radical (unpaired) electrons. The molecule has 0 saturated carbocycles. The lowest BCUT2D eigenvalue weighted by Gasteiger charge is -2.08. The number of carbonyl (C=O) groups excluding carboxylic acids is 1. The summed E-state index contributed by atoms with van der Waals surface area (Å²) in [6.45, 7) is 2.07. The van der Waals surface area contributed by atoms with E-state index in [-0.39, 0.29) is 0 Å². The predicted molar refractivity (Wildman–Crippen MR) is 70.8 cm³/mol. The Balaban J connectivity index is 2.39. The molecule has 0 aliphatic rings. The Morgan fingerprint density at radius 2 is 2.11 bits per heavy atom. The van der Waals surface area contributed by atoms with Crippen LogP contribution in [0.1, 0.15) is 17.3 Å². The summed E-state index contributed by atoms with van der Waals surface area (Å²) >= 11 is 0. The molecule has 0 spiro atoms. The molecule has 2 aromatic rings. The van der Waals surface area contributed by atoms with Gasteiger partial charge in [0, 0.05) is 31.2 Å². The van der Waals surface area contributed by atoms with E-state index in [4.69, 9.17) is 4.74 Å². The van der Waals surface area contributed by atoms with Crippen molar-refractivity contribution in [3.05, 3.63) is 36.3 Å². The Labute approximate surface area is 110 Å². The largest absolute Gasteiger partial charge is 0.462 e. The smallest absolute Gasteiger partial charge is 0.343 e. The van der Waals surface area contributed by atoms with E-state index in [0.717, 1.165) is 5.56 Å². The van der Waals surface area contributed by atoms with Crippen LogP contribution in [0.2, 0.25) is 0 Å². The molecule has 6 heteroatoms. The molecule has 0 atom stereocenters. The summed E-state index contributed by atoms with van der Waals surface area (Å²) in [5.41, 5.74) is 1.16. The molecule has 0 unspecified atom stereocenters. The average Bonchev–Trinajstić information content (AvgIpc) is 2.47. The fourth-order valence-electron chi connectivity index (χ4n) is 1.57. The van der Waals surface area contributed by atoms with Crippen molar-refractivity contribution >= 4 is 11.8 Å². The van der Waals surface area contributed by atoms with Crippen LogP contribution in [0.4, 0.5) is 5.82 Å². The van der Waals surface area contributed by atoms with Gasteiger partial charge in [-0.2, -0.15) is 0 Å². The van der Waals surface area contributed by atoms with Crippen molar-refractivity contribution in [2.75, 3.05) is 19.0 Å². The number of hydrogen-bond donors (Lipinski definition) is 1. The second kappa shape index (κ2) is 5.90. The van der Waals surface area contributed by atoms with E-state index in [0.29, 0.717) is 23.8 Å². The van der Waals surface area contributed by atoms with Crippen LogP contribution in [0.15, 0.2) is 30.7 Å². The van der Waals surface area contributed by atoms with Crippen molar-refractivity contribution in [3.63, 3.8) is 0 Å². The Bertz CT molecular complexity index is 572. The zero-order valence-electron chi connectivity index (χ0n) is 10.8. The van der Waals surface area contributed by atoms with E-state index in [1.165, 1.54) is 6.20 Å². The maximum Gasteiger partial charge on any atom is 0.343 e. The molecule has 0 aliphatic carbocycles. The molecule has 2 aromatic heterocycles. The summed E-state index contributed by atoms with van der Waals surface area (Å²) in [6.07, 6.45) is 4.79. The van der Waals surface area contributed by atoms with Crippen LogP contribution in [0.3, 0.4) is 0 Å². The molecule has 0 aliphatic heterocycles. The zero-order valence-corrected chi connectivity index (χ0v) is 10.8. The van der Waals surface area contributed by atoms with Gasteiger partial charge in [-0.15, -0.1) is 0 Å². The lowest BCUT2D eigenvalue weighted by molar-refractivity contribution is 0.0526.